The molecule has 1 fully saturated rings. The Kier molecular flexibility index (Phi) is 5.62. The first-order valence-electron chi connectivity index (χ1n) is 7.64. The van der Waals surface area contributed by atoms with Crippen LogP contribution in [-0.2, 0) is 16.1 Å². The molecule has 21 heavy (non-hydrogen) atoms. The zero-order valence-electron chi connectivity index (χ0n) is 13.3. The standard InChI is InChI=1S/C17H26N2O2/c1-18(2)16-6-4-15(5-7-16)13-19-10-8-14(9-11-19)12-17(20)21-3/h4-7,14H,8-13H2,1-3H3. The van der Waals surface area contributed by atoms with Crippen molar-refractivity contribution in [1.29, 1.82) is 0 Å². The van der Waals surface area contributed by atoms with Gasteiger partial charge in [0.25, 0.3) is 0 Å². The maximum Gasteiger partial charge on any atom is 0.305 e. The van der Waals surface area contributed by atoms with E-state index in [1.54, 1.807) is 0 Å². The first-order chi connectivity index (χ1) is 10.1. The first kappa shape index (κ1) is 15.8. The molecule has 4 heteroatoms. The van der Waals surface area contributed by atoms with Gasteiger partial charge in [-0.25, -0.2) is 0 Å². The summed E-state index contributed by atoms with van der Waals surface area (Å²) in [6.45, 7) is 3.13. The molecule has 1 saturated heterocycles. The Labute approximate surface area is 127 Å². The second kappa shape index (κ2) is 7.46. The second-order valence-corrected chi connectivity index (χ2v) is 6.06. The van der Waals surface area contributed by atoms with Gasteiger partial charge < -0.3 is 9.64 Å². The van der Waals surface area contributed by atoms with Crippen LogP contribution in [0.4, 0.5) is 5.69 Å². The average Bonchev–Trinajstić information content (AvgIpc) is 2.49. The van der Waals surface area contributed by atoms with E-state index in [0.29, 0.717) is 12.3 Å². The highest BCUT2D eigenvalue weighted by Gasteiger charge is 2.21. The monoisotopic (exact) mass is 290 g/mol. The van der Waals surface area contributed by atoms with Crippen LogP contribution in [0.1, 0.15) is 24.8 Å². The molecule has 0 aromatic heterocycles. The summed E-state index contributed by atoms with van der Waals surface area (Å²) in [4.78, 5) is 15.9. The Balaban J connectivity index is 1.79. The van der Waals surface area contributed by atoms with Gasteiger partial charge >= 0.3 is 5.97 Å². The van der Waals surface area contributed by atoms with E-state index in [2.05, 4.69) is 48.2 Å². The number of esters is 1. The third-order valence-corrected chi connectivity index (χ3v) is 4.25. The second-order valence-electron chi connectivity index (χ2n) is 6.06. The number of carbonyl (C=O) groups is 1. The molecule has 2 rings (SSSR count). The molecule has 1 aliphatic heterocycles. The molecule has 4 nitrogen and oxygen atoms in total. The third-order valence-electron chi connectivity index (χ3n) is 4.25. The smallest absolute Gasteiger partial charge is 0.305 e. The molecular formula is C17H26N2O2. The maximum atomic E-state index is 11.3. The molecule has 0 saturated carbocycles. The van der Waals surface area contributed by atoms with E-state index in [0.717, 1.165) is 32.5 Å². The van der Waals surface area contributed by atoms with E-state index in [9.17, 15) is 4.79 Å². The lowest BCUT2D eigenvalue weighted by Crippen LogP contribution is -2.34. The number of rotatable bonds is 5. The van der Waals surface area contributed by atoms with Crippen molar-refractivity contribution < 1.29 is 9.53 Å². The highest BCUT2D eigenvalue weighted by atomic mass is 16.5. The Hall–Kier alpha value is -1.55. The SMILES string of the molecule is COC(=O)CC1CCN(Cc2ccc(N(C)C)cc2)CC1. The van der Waals surface area contributed by atoms with Gasteiger partial charge in [-0.3, -0.25) is 9.69 Å². The third kappa shape index (κ3) is 4.74. The maximum absolute atomic E-state index is 11.3. The summed E-state index contributed by atoms with van der Waals surface area (Å²) >= 11 is 0. The van der Waals surface area contributed by atoms with Crippen molar-refractivity contribution in [2.24, 2.45) is 5.92 Å². The largest absolute Gasteiger partial charge is 0.469 e. The predicted octanol–water partition coefficient (Wildman–Crippen LogP) is 2.53. The zero-order valence-corrected chi connectivity index (χ0v) is 13.3. The minimum Gasteiger partial charge on any atom is -0.469 e. The predicted molar refractivity (Wildman–Crippen MR) is 85.4 cm³/mol. The van der Waals surface area contributed by atoms with Crippen LogP contribution in [0.3, 0.4) is 0 Å². The van der Waals surface area contributed by atoms with Gasteiger partial charge in [0.1, 0.15) is 0 Å². The normalized spacial score (nSPS) is 16.7. The lowest BCUT2D eigenvalue weighted by molar-refractivity contribution is -0.142. The Bertz CT molecular complexity index is 448. The summed E-state index contributed by atoms with van der Waals surface area (Å²) in [5, 5.41) is 0. The number of likely N-dealkylation sites (tertiary alicyclic amines) is 1. The molecule has 0 spiro atoms. The fourth-order valence-electron chi connectivity index (χ4n) is 2.83. The minimum atomic E-state index is -0.0762. The van der Waals surface area contributed by atoms with E-state index in [-0.39, 0.29) is 5.97 Å². The van der Waals surface area contributed by atoms with E-state index in [1.807, 2.05) is 0 Å². The Morgan fingerprint density at radius 2 is 1.86 bits per heavy atom. The summed E-state index contributed by atoms with van der Waals surface area (Å²) in [6, 6.07) is 8.74. The molecule has 0 aliphatic carbocycles. The summed E-state index contributed by atoms with van der Waals surface area (Å²) in [6.07, 6.45) is 2.75. The molecule has 0 bridgehead atoms. The van der Waals surface area contributed by atoms with Crippen LogP contribution in [0.25, 0.3) is 0 Å². The van der Waals surface area contributed by atoms with Crippen molar-refractivity contribution >= 4 is 11.7 Å². The van der Waals surface area contributed by atoms with E-state index in [4.69, 9.17) is 4.74 Å². The van der Waals surface area contributed by atoms with E-state index < -0.39 is 0 Å². The van der Waals surface area contributed by atoms with Crippen molar-refractivity contribution in [1.82, 2.24) is 4.90 Å². The van der Waals surface area contributed by atoms with Crippen molar-refractivity contribution in [3.05, 3.63) is 29.8 Å². The van der Waals surface area contributed by atoms with Crippen molar-refractivity contribution in [3.63, 3.8) is 0 Å². The molecule has 0 atom stereocenters. The number of ether oxygens (including phenoxy) is 1. The van der Waals surface area contributed by atoms with Crippen LogP contribution in [0.2, 0.25) is 0 Å². The molecule has 0 radical (unpaired) electrons. The van der Waals surface area contributed by atoms with Crippen molar-refractivity contribution in [3.8, 4) is 0 Å². The molecule has 1 aromatic rings. The number of hydrogen-bond donors (Lipinski definition) is 0. The van der Waals surface area contributed by atoms with Gasteiger partial charge in [0.2, 0.25) is 0 Å². The molecular weight excluding hydrogens is 264 g/mol. The van der Waals surface area contributed by atoms with Crippen LogP contribution in [0.15, 0.2) is 24.3 Å². The zero-order chi connectivity index (χ0) is 15.2. The van der Waals surface area contributed by atoms with E-state index >= 15 is 0 Å². The molecule has 1 aromatic carbocycles. The van der Waals surface area contributed by atoms with E-state index in [1.165, 1.54) is 18.4 Å². The number of methoxy groups -OCH3 is 1. The van der Waals surface area contributed by atoms with Crippen LogP contribution in [0.5, 0.6) is 0 Å². The summed E-state index contributed by atoms with van der Waals surface area (Å²) in [7, 11) is 5.58. The topological polar surface area (TPSA) is 32.8 Å². The highest BCUT2D eigenvalue weighted by Crippen LogP contribution is 2.22. The Morgan fingerprint density at radius 3 is 2.38 bits per heavy atom. The van der Waals surface area contributed by atoms with Crippen LogP contribution in [-0.4, -0.2) is 45.2 Å². The minimum absolute atomic E-state index is 0.0762. The summed E-state index contributed by atoms with van der Waals surface area (Å²) in [5.74, 6) is 0.414. The molecule has 0 unspecified atom stereocenters. The number of benzene rings is 1. The number of hydrogen-bond acceptors (Lipinski definition) is 4. The fraction of sp³-hybridized carbons (Fsp3) is 0.588. The molecule has 116 valence electrons. The lowest BCUT2D eigenvalue weighted by Gasteiger charge is -2.31. The number of anilines is 1. The van der Waals surface area contributed by atoms with Crippen molar-refractivity contribution in [2.45, 2.75) is 25.8 Å². The number of nitrogens with zero attached hydrogens (tertiary/aromatic N) is 2. The first-order valence-corrected chi connectivity index (χ1v) is 7.64. The van der Waals surface area contributed by atoms with Crippen molar-refractivity contribution in [2.75, 3.05) is 39.2 Å². The summed E-state index contributed by atoms with van der Waals surface area (Å²) < 4.78 is 4.75. The van der Waals surface area contributed by atoms with Crippen LogP contribution < -0.4 is 4.90 Å². The van der Waals surface area contributed by atoms with Gasteiger partial charge in [-0.2, -0.15) is 0 Å². The van der Waals surface area contributed by atoms with Gasteiger partial charge in [-0.05, 0) is 49.5 Å². The Morgan fingerprint density at radius 1 is 1.24 bits per heavy atom. The van der Waals surface area contributed by atoms with Gasteiger partial charge in [-0.15, -0.1) is 0 Å². The lowest BCUT2D eigenvalue weighted by atomic mass is 9.93. The van der Waals surface area contributed by atoms with Gasteiger partial charge in [0.05, 0.1) is 7.11 Å². The molecule has 1 aliphatic rings. The number of piperidine rings is 1. The molecule has 0 amide bonds. The molecule has 0 N–H and O–H groups in total. The van der Waals surface area contributed by atoms with Crippen LogP contribution >= 0.6 is 0 Å². The van der Waals surface area contributed by atoms with Gasteiger partial charge in [0.15, 0.2) is 0 Å². The quantitative estimate of drug-likeness (QED) is 0.780. The fourth-order valence-corrected chi connectivity index (χ4v) is 2.83. The summed E-state index contributed by atoms with van der Waals surface area (Å²) in [5.41, 5.74) is 2.59. The highest BCUT2D eigenvalue weighted by molar-refractivity contribution is 5.69. The van der Waals surface area contributed by atoms with Gasteiger partial charge in [0, 0.05) is 32.7 Å². The van der Waals surface area contributed by atoms with Gasteiger partial charge in [-0.1, -0.05) is 12.1 Å². The molecule has 1 heterocycles. The number of carbonyl (C=O) groups excluding carboxylic acids is 1. The average molecular weight is 290 g/mol. The van der Waals surface area contributed by atoms with Crippen LogP contribution in [0, 0.1) is 5.92 Å².